The average molecular weight is 360 g/mol. The summed E-state index contributed by atoms with van der Waals surface area (Å²) in [5.41, 5.74) is -0.170. The summed E-state index contributed by atoms with van der Waals surface area (Å²) in [5.74, 6) is 0.518. The third-order valence-electron chi connectivity index (χ3n) is 4.30. The third-order valence-corrected chi connectivity index (χ3v) is 5.94. The minimum Gasteiger partial charge on any atom is -0.466 e. The van der Waals surface area contributed by atoms with Crippen molar-refractivity contribution in [2.24, 2.45) is 11.8 Å². The average Bonchev–Trinajstić information content (AvgIpc) is 3.16. The number of halogens is 1. The molecule has 1 aromatic heterocycles. The molecule has 1 aliphatic carbocycles. The molecule has 110 valence electrons. The molecular formula is C14H18BrNO3S. The van der Waals surface area contributed by atoms with Crippen LogP contribution in [0.5, 0.6) is 0 Å². The van der Waals surface area contributed by atoms with Gasteiger partial charge in [-0.05, 0) is 54.5 Å². The maximum atomic E-state index is 11.8. The van der Waals surface area contributed by atoms with E-state index in [9.17, 15) is 4.79 Å². The predicted octanol–water partition coefficient (Wildman–Crippen LogP) is 3.50. The zero-order chi connectivity index (χ0) is 14.2. The molecule has 1 atom stereocenters. The van der Waals surface area contributed by atoms with Crippen LogP contribution in [0.15, 0.2) is 9.98 Å². The molecule has 1 unspecified atom stereocenters. The molecule has 0 aromatic carbocycles. The first kappa shape index (κ1) is 14.5. The number of hydrogen-bond donors (Lipinski definition) is 0. The molecule has 1 aromatic rings. The van der Waals surface area contributed by atoms with E-state index in [0.717, 1.165) is 41.1 Å². The van der Waals surface area contributed by atoms with Crippen LogP contribution in [0.2, 0.25) is 0 Å². The van der Waals surface area contributed by atoms with E-state index in [1.807, 2.05) is 13.1 Å². The molecule has 2 aliphatic rings. The molecule has 6 heteroatoms. The van der Waals surface area contributed by atoms with Gasteiger partial charge in [0.2, 0.25) is 0 Å². The Hall–Kier alpha value is -0.460. The van der Waals surface area contributed by atoms with Crippen molar-refractivity contribution in [3.05, 3.63) is 15.0 Å². The fourth-order valence-corrected chi connectivity index (χ4v) is 4.53. The number of epoxide rings is 1. The van der Waals surface area contributed by atoms with Gasteiger partial charge < -0.3 is 9.47 Å². The Morgan fingerprint density at radius 1 is 1.55 bits per heavy atom. The highest BCUT2D eigenvalue weighted by atomic mass is 79.9. The van der Waals surface area contributed by atoms with Crippen LogP contribution in [0, 0.1) is 11.8 Å². The summed E-state index contributed by atoms with van der Waals surface area (Å²) in [6.07, 6.45) is 5.68. The van der Waals surface area contributed by atoms with Gasteiger partial charge in [-0.2, -0.15) is 0 Å². The van der Waals surface area contributed by atoms with Gasteiger partial charge in [-0.1, -0.05) is 0 Å². The van der Waals surface area contributed by atoms with Crippen LogP contribution in [0.1, 0.15) is 37.6 Å². The maximum absolute atomic E-state index is 11.8. The van der Waals surface area contributed by atoms with Crippen LogP contribution in [0.4, 0.5) is 0 Å². The highest BCUT2D eigenvalue weighted by Gasteiger charge is 2.55. The summed E-state index contributed by atoms with van der Waals surface area (Å²) >= 11 is 5.12. The second-order valence-electron chi connectivity index (χ2n) is 5.45. The van der Waals surface area contributed by atoms with Crippen molar-refractivity contribution in [3.8, 4) is 0 Å². The first-order chi connectivity index (χ1) is 9.65. The maximum Gasteiger partial charge on any atom is 0.308 e. The van der Waals surface area contributed by atoms with Crippen molar-refractivity contribution in [1.82, 2.24) is 4.98 Å². The number of nitrogens with zero attached hydrogens (tertiary/aromatic N) is 1. The Morgan fingerprint density at radius 2 is 2.25 bits per heavy atom. The number of aromatic nitrogens is 1. The molecule has 20 heavy (non-hydrogen) atoms. The van der Waals surface area contributed by atoms with Gasteiger partial charge in [0.25, 0.3) is 0 Å². The number of carbonyl (C=O) groups excluding carboxylic acids is 1. The van der Waals surface area contributed by atoms with Crippen molar-refractivity contribution in [2.45, 2.75) is 38.2 Å². The zero-order valence-corrected chi connectivity index (χ0v) is 13.8. The first-order valence-corrected chi connectivity index (χ1v) is 8.69. The molecule has 2 heterocycles. The molecule has 4 nitrogen and oxygen atoms in total. The van der Waals surface area contributed by atoms with E-state index in [-0.39, 0.29) is 17.5 Å². The number of esters is 1. The minimum absolute atomic E-state index is 0.0336. The Kier molecular flexibility index (Phi) is 4.15. The quantitative estimate of drug-likeness (QED) is 0.609. The van der Waals surface area contributed by atoms with E-state index in [1.165, 1.54) is 0 Å². The second kappa shape index (κ2) is 5.73. The van der Waals surface area contributed by atoms with Crippen LogP contribution in [-0.4, -0.2) is 24.2 Å². The fraction of sp³-hybridized carbons (Fsp3) is 0.714. The Bertz CT molecular complexity index is 492. The van der Waals surface area contributed by atoms with Crippen molar-refractivity contribution < 1.29 is 14.3 Å². The summed E-state index contributed by atoms with van der Waals surface area (Å²) in [7, 11) is 0. The monoisotopic (exact) mass is 359 g/mol. The van der Waals surface area contributed by atoms with Crippen molar-refractivity contribution in [3.63, 3.8) is 0 Å². The molecule has 3 rings (SSSR count). The van der Waals surface area contributed by atoms with E-state index in [4.69, 9.17) is 9.47 Å². The number of thiazole rings is 1. The highest BCUT2D eigenvalue weighted by molar-refractivity contribution is 9.11. The molecule has 0 spiro atoms. The van der Waals surface area contributed by atoms with Gasteiger partial charge in [-0.25, -0.2) is 4.98 Å². The van der Waals surface area contributed by atoms with Gasteiger partial charge in [-0.3, -0.25) is 4.79 Å². The molecule has 0 amide bonds. The molecule has 0 bridgehead atoms. The van der Waals surface area contributed by atoms with Crippen LogP contribution in [0.25, 0.3) is 0 Å². The van der Waals surface area contributed by atoms with Crippen LogP contribution >= 0.6 is 27.3 Å². The normalized spacial score (nSPS) is 32.9. The minimum atomic E-state index is -0.170. The van der Waals surface area contributed by atoms with E-state index < -0.39 is 0 Å². The van der Waals surface area contributed by atoms with E-state index in [1.54, 1.807) is 11.3 Å². The van der Waals surface area contributed by atoms with E-state index in [0.29, 0.717) is 12.5 Å². The van der Waals surface area contributed by atoms with Crippen molar-refractivity contribution in [1.29, 1.82) is 0 Å². The summed E-state index contributed by atoms with van der Waals surface area (Å²) in [6.45, 7) is 3.09. The number of ether oxygens (including phenoxy) is 2. The Balaban J connectivity index is 1.62. The second-order valence-corrected chi connectivity index (χ2v) is 7.86. The molecule has 1 saturated heterocycles. The van der Waals surface area contributed by atoms with Crippen LogP contribution in [-0.2, 0) is 19.9 Å². The molecule has 1 aliphatic heterocycles. The van der Waals surface area contributed by atoms with Crippen molar-refractivity contribution >= 4 is 33.2 Å². The van der Waals surface area contributed by atoms with Gasteiger partial charge in [0.1, 0.15) is 10.6 Å². The van der Waals surface area contributed by atoms with Gasteiger partial charge in [0.05, 0.1) is 29.1 Å². The zero-order valence-electron chi connectivity index (χ0n) is 11.4. The number of hydrogen-bond acceptors (Lipinski definition) is 5. The van der Waals surface area contributed by atoms with Gasteiger partial charge in [-0.15, -0.1) is 11.3 Å². The van der Waals surface area contributed by atoms with Gasteiger partial charge >= 0.3 is 5.97 Å². The lowest BCUT2D eigenvalue weighted by atomic mass is 9.76. The van der Waals surface area contributed by atoms with E-state index >= 15 is 0 Å². The van der Waals surface area contributed by atoms with E-state index in [2.05, 4.69) is 20.9 Å². The molecule has 0 N–H and O–H groups in total. The SMILES string of the molecule is CCOC(=O)C1CCC(C2(c3ncc(Br)s3)CO2)CC1. The van der Waals surface area contributed by atoms with Gasteiger partial charge in [0.15, 0.2) is 0 Å². The smallest absolute Gasteiger partial charge is 0.308 e. The molecule has 0 radical (unpaired) electrons. The highest BCUT2D eigenvalue weighted by Crippen LogP contribution is 2.52. The van der Waals surface area contributed by atoms with Crippen LogP contribution in [0.3, 0.4) is 0 Å². The largest absolute Gasteiger partial charge is 0.466 e. The Labute approximate surface area is 131 Å². The van der Waals surface area contributed by atoms with Gasteiger partial charge in [0, 0.05) is 0 Å². The summed E-state index contributed by atoms with van der Waals surface area (Å²) in [5, 5.41) is 1.07. The lowest BCUT2D eigenvalue weighted by Crippen LogP contribution is -2.30. The molecule has 1 saturated carbocycles. The topological polar surface area (TPSA) is 51.7 Å². The number of rotatable bonds is 4. The standard InChI is InChI=1S/C14H18BrNO3S/c1-2-18-12(17)9-3-5-10(6-4-9)14(8-19-14)13-16-7-11(15)20-13/h7,9-10H,2-6,8H2,1H3. The third kappa shape index (κ3) is 2.65. The predicted molar refractivity (Wildman–Crippen MR) is 79.5 cm³/mol. The molecular weight excluding hydrogens is 342 g/mol. The summed E-state index contributed by atoms with van der Waals surface area (Å²) in [4.78, 5) is 16.2. The summed E-state index contributed by atoms with van der Waals surface area (Å²) < 4.78 is 12.0. The lowest BCUT2D eigenvalue weighted by Gasteiger charge is -2.30. The molecule has 2 fully saturated rings. The van der Waals surface area contributed by atoms with Crippen LogP contribution < -0.4 is 0 Å². The fourth-order valence-electron chi connectivity index (χ4n) is 3.12. The number of carbonyl (C=O) groups is 1. The van der Waals surface area contributed by atoms with Crippen molar-refractivity contribution in [2.75, 3.05) is 13.2 Å². The summed E-state index contributed by atoms with van der Waals surface area (Å²) in [6, 6.07) is 0. The first-order valence-electron chi connectivity index (χ1n) is 7.08. The lowest BCUT2D eigenvalue weighted by molar-refractivity contribution is -0.149. The Morgan fingerprint density at radius 3 is 2.75 bits per heavy atom.